The van der Waals surface area contributed by atoms with Crippen LogP contribution < -0.4 is 4.74 Å². The quantitative estimate of drug-likeness (QED) is 0.873. The van der Waals surface area contributed by atoms with Gasteiger partial charge in [-0.05, 0) is 30.5 Å². The van der Waals surface area contributed by atoms with Crippen LogP contribution in [-0.4, -0.2) is 42.2 Å². The summed E-state index contributed by atoms with van der Waals surface area (Å²) in [6, 6.07) is 7.55. The van der Waals surface area contributed by atoms with Crippen LogP contribution >= 0.6 is 0 Å². The van der Waals surface area contributed by atoms with Gasteiger partial charge in [0.05, 0.1) is 26.2 Å². The van der Waals surface area contributed by atoms with Crippen LogP contribution in [0.15, 0.2) is 24.3 Å². The zero-order valence-electron chi connectivity index (χ0n) is 10.6. The largest absolute Gasteiger partial charge is 0.497 e. The minimum atomic E-state index is 0.00288. The van der Waals surface area contributed by atoms with E-state index in [1.165, 1.54) is 0 Å². The van der Waals surface area contributed by atoms with Gasteiger partial charge in [-0.15, -0.1) is 0 Å². The average molecular weight is 249 g/mol. The Hall–Kier alpha value is -1.55. The first-order chi connectivity index (χ1) is 8.74. The monoisotopic (exact) mass is 249 g/mol. The standard InChI is InChI=1S/C14H19NO3/c1-18-13-6-2-4-11(8-13)9-14(17)15-7-3-5-12(15)10-16/h2,4,6,8,12,16H,3,5,7,9-10H2,1H3/t12-/m0/s1. The second kappa shape index (κ2) is 5.87. The number of hydrogen-bond acceptors (Lipinski definition) is 3. The van der Waals surface area contributed by atoms with Gasteiger partial charge in [-0.25, -0.2) is 0 Å². The molecule has 1 atom stereocenters. The highest BCUT2D eigenvalue weighted by molar-refractivity contribution is 5.79. The molecule has 18 heavy (non-hydrogen) atoms. The van der Waals surface area contributed by atoms with E-state index in [0.29, 0.717) is 6.42 Å². The molecule has 0 bridgehead atoms. The SMILES string of the molecule is COc1cccc(CC(=O)N2CCC[C@H]2CO)c1. The maximum Gasteiger partial charge on any atom is 0.227 e. The van der Waals surface area contributed by atoms with Crippen molar-refractivity contribution in [2.75, 3.05) is 20.3 Å². The van der Waals surface area contributed by atoms with Crippen molar-refractivity contribution >= 4 is 5.91 Å². The summed E-state index contributed by atoms with van der Waals surface area (Å²) < 4.78 is 5.14. The van der Waals surface area contributed by atoms with Gasteiger partial charge >= 0.3 is 0 Å². The van der Waals surface area contributed by atoms with Gasteiger partial charge in [0, 0.05) is 6.54 Å². The van der Waals surface area contributed by atoms with Crippen LogP contribution in [0.5, 0.6) is 5.75 Å². The molecular weight excluding hydrogens is 230 g/mol. The molecule has 2 rings (SSSR count). The van der Waals surface area contributed by atoms with E-state index in [0.717, 1.165) is 30.7 Å². The Morgan fingerprint density at radius 1 is 1.56 bits per heavy atom. The van der Waals surface area contributed by atoms with Crippen LogP contribution in [0.4, 0.5) is 0 Å². The summed E-state index contributed by atoms with van der Waals surface area (Å²) in [5, 5.41) is 9.22. The number of aliphatic hydroxyl groups excluding tert-OH is 1. The van der Waals surface area contributed by atoms with Crippen molar-refractivity contribution in [1.29, 1.82) is 0 Å². The number of benzene rings is 1. The van der Waals surface area contributed by atoms with E-state index < -0.39 is 0 Å². The number of nitrogens with zero attached hydrogens (tertiary/aromatic N) is 1. The normalized spacial score (nSPS) is 19.0. The van der Waals surface area contributed by atoms with Crippen LogP contribution in [-0.2, 0) is 11.2 Å². The Balaban J connectivity index is 2.02. The molecule has 0 spiro atoms. The molecule has 0 unspecified atom stereocenters. The van der Waals surface area contributed by atoms with E-state index in [1.54, 1.807) is 12.0 Å². The first kappa shape index (κ1) is 12.9. The predicted octanol–water partition coefficient (Wildman–Crippen LogP) is 1.22. The van der Waals surface area contributed by atoms with Gasteiger partial charge in [-0.2, -0.15) is 0 Å². The van der Waals surface area contributed by atoms with Crippen LogP contribution in [0.3, 0.4) is 0 Å². The predicted molar refractivity (Wildman–Crippen MR) is 68.5 cm³/mol. The van der Waals surface area contributed by atoms with Crippen molar-refractivity contribution in [3.63, 3.8) is 0 Å². The third-order valence-electron chi connectivity index (χ3n) is 3.40. The average Bonchev–Trinajstić information content (AvgIpc) is 2.87. The van der Waals surface area contributed by atoms with Crippen LogP contribution in [0.1, 0.15) is 18.4 Å². The molecule has 0 saturated carbocycles. The van der Waals surface area contributed by atoms with Crippen molar-refractivity contribution in [2.45, 2.75) is 25.3 Å². The molecule has 0 aliphatic carbocycles. The molecule has 1 aromatic rings. The highest BCUT2D eigenvalue weighted by Crippen LogP contribution is 2.19. The van der Waals surface area contributed by atoms with E-state index in [9.17, 15) is 9.90 Å². The van der Waals surface area contributed by atoms with Crippen LogP contribution in [0.2, 0.25) is 0 Å². The summed E-state index contributed by atoms with van der Waals surface area (Å²) in [4.78, 5) is 13.9. The van der Waals surface area contributed by atoms with Gasteiger partial charge in [0.25, 0.3) is 0 Å². The van der Waals surface area contributed by atoms with E-state index in [-0.39, 0.29) is 18.6 Å². The lowest BCUT2D eigenvalue weighted by atomic mass is 10.1. The number of methoxy groups -OCH3 is 1. The van der Waals surface area contributed by atoms with Crippen molar-refractivity contribution in [3.05, 3.63) is 29.8 Å². The maximum atomic E-state index is 12.2. The first-order valence-corrected chi connectivity index (χ1v) is 6.28. The molecule has 1 saturated heterocycles. The second-order valence-electron chi connectivity index (χ2n) is 4.59. The van der Waals surface area contributed by atoms with Crippen molar-refractivity contribution < 1.29 is 14.6 Å². The number of carbonyl (C=O) groups excluding carboxylic acids is 1. The molecule has 1 aliphatic heterocycles. The fourth-order valence-corrected chi connectivity index (χ4v) is 2.41. The fourth-order valence-electron chi connectivity index (χ4n) is 2.41. The summed E-state index contributed by atoms with van der Waals surface area (Å²) in [6.45, 7) is 0.817. The third kappa shape index (κ3) is 2.82. The molecule has 1 aliphatic rings. The maximum absolute atomic E-state index is 12.2. The van der Waals surface area contributed by atoms with Crippen molar-refractivity contribution in [1.82, 2.24) is 4.90 Å². The topological polar surface area (TPSA) is 49.8 Å². The van der Waals surface area contributed by atoms with E-state index >= 15 is 0 Å². The van der Waals surface area contributed by atoms with E-state index in [4.69, 9.17) is 4.74 Å². The van der Waals surface area contributed by atoms with Crippen LogP contribution in [0, 0.1) is 0 Å². The Morgan fingerprint density at radius 3 is 3.11 bits per heavy atom. The summed E-state index contributed by atoms with van der Waals surface area (Å²) in [5.41, 5.74) is 0.947. The Labute approximate surface area is 107 Å². The molecule has 1 fully saturated rings. The highest BCUT2D eigenvalue weighted by atomic mass is 16.5. The number of ether oxygens (including phenoxy) is 1. The molecule has 1 aromatic carbocycles. The zero-order valence-corrected chi connectivity index (χ0v) is 10.6. The number of likely N-dealkylation sites (tertiary alicyclic amines) is 1. The van der Waals surface area contributed by atoms with Gasteiger partial charge in [-0.3, -0.25) is 4.79 Å². The molecule has 4 heteroatoms. The minimum absolute atomic E-state index is 0.00288. The lowest BCUT2D eigenvalue weighted by Gasteiger charge is -2.23. The van der Waals surface area contributed by atoms with Gasteiger partial charge in [0.15, 0.2) is 0 Å². The summed E-state index contributed by atoms with van der Waals surface area (Å²) in [5.74, 6) is 0.847. The zero-order chi connectivity index (χ0) is 13.0. The fraction of sp³-hybridized carbons (Fsp3) is 0.500. The Morgan fingerprint density at radius 2 is 2.39 bits per heavy atom. The van der Waals surface area contributed by atoms with Gasteiger partial charge in [-0.1, -0.05) is 12.1 Å². The number of amides is 1. The molecular formula is C14H19NO3. The second-order valence-corrected chi connectivity index (χ2v) is 4.59. The minimum Gasteiger partial charge on any atom is -0.497 e. The van der Waals surface area contributed by atoms with E-state index in [1.807, 2.05) is 24.3 Å². The first-order valence-electron chi connectivity index (χ1n) is 6.28. The van der Waals surface area contributed by atoms with E-state index in [2.05, 4.69) is 0 Å². The number of aliphatic hydroxyl groups is 1. The van der Waals surface area contributed by atoms with Gasteiger partial charge < -0.3 is 14.7 Å². The molecule has 0 radical (unpaired) electrons. The lowest BCUT2D eigenvalue weighted by molar-refractivity contribution is -0.131. The third-order valence-corrected chi connectivity index (χ3v) is 3.40. The lowest BCUT2D eigenvalue weighted by Crippen LogP contribution is -2.38. The van der Waals surface area contributed by atoms with Gasteiger partial charge in [0.2, 0.25) is 5.91 Å². The summed E-state index contributed by atoms with van der Waals surface area (Å²) in [7, 11) is 1.61. The molecule has 0 aromatic heterocycles. The molecule has 98 valence electrons. The number of hydrogen-bond donors (Lipinski definition) is 1. The molecule has 1 amide bonds. The summed E-state index contributed by atoms with van der Waals surface area (Å²) in [6.07, 6.45) is 2.25. The Kier molecular flexibility index (Phi) is 4.20. The summed E-state index contributed by atoms with van der Waals surface area (Å²) >= 11 is 0. The molecule has 4 nitrogen and oxygen atoms in total. The smallest absolute Gasteiger partial charge is 0.227 e. The van der Waals surface area contributed by atoms with Crippen molar-refractivity contribution in [3.8, 4) is 5.75 Å². The molecule has 1 N–H and O–H groups in total. The number of rotatable bonds is 4. The van der Waals surface area contributed by atoms with Crippen molar-refractivity contribution in [2.24, 2.45) is 0 Å². The number of carbonyl (C=O) groups is 1. The Bertz CT molecular complexity index is 419. The van der Waals surface area contributed by atoms with Crippen LogP contribution in [0.25, 0.3) is 0 Å². The van der Waals surface area contributed by atoms with Gasteiger partial charge in [0.1, 0.15) is 5.75 Å². The molecule has 1 heterocycles. The highest BCUT2D eigenvalue weighted by Gasteiger charge is 2.27.